The predicted octanol–water partition coefficient (Wildman–Crippen LogP) is 3.53. The molecule has 1 aliphatic rings. The summed E-state index contributed by atoms with van der Waals surface area (Å²) in [5.41, 5.74) is 2.28. The van der Waals surface area contributed by atoms with E-state index in [4.69, 9.17) is 0 Å². The van der Waals surface area contributed by atoms with Crippen molar-refractivity contribution in [2.24, 2.45) is 0 Å². The molecule has 2 N–H and O–H groups in total. The molecule has 0 aliphatic carbocycles. The van der Waals surface area contributed by atoms with Gasteiger partial charge in [0.1, 0.15) is 17.8 Å². The number of nitrogens with zero attached hydrogens (tertiary/aromatic N) is 4. The van der Waals surface area contributed by atoms with E-state index in [1.165, 1.54) is 34.8 Å². The summed E-state index contributed by atoms with van der Waals surface area (Å²) in [5, 5.41) is 19.3. The molecule has 0 spiro atoms. The van der Waals surface area contributed by atoms with Gasteiger partial charge in [-0.25, -0.2) is 9.78 Å². The van der Waals surface area contributed by atoms with E-state index in [1.54, 1.807) is 11.1 Å². The van der Waals surface area contributed by atoms with Gasteiger partial charge >= 0.3 is 6.03 Å². The third-order valence-corrected chi connectivity index (χ3v) is 5.44. The second-order valence-corrected chi connectivity index (χ2v) is 7.35. The fraction of sp³-hybridized carbons (Fsp3) is 0.273. The maximum atomic E-state index is 12.9. The Morgan fingerprint density at radius 2 is 1.72 bits per heavy atom. The quantitative estimate of drug-likeness (QED) is 0.713. The predicted molar refractivity (Wildman–Crippen MR) is 111 cm³/mol. The Hall–Kier alpha value is -3.48. The molecule has 7 nitrogen and oxygen atoms in total. The second kappa shape index (κ2) is 7.87. The molecule has 150 valence electrons. The van der Waals surface area contributed by atoms with Gasteiger partial charge in [-0.3, -0.25) is 4.57 Å². The molecule has 1 fully saturated rings. The molecule has 1 saturated heterocycles. The number of rotatable bonds is 3. The number of phenols is 2. The fourth-order valence-corrected chi connectivity index (χ4v) is 3.81. The number of piperidine rings is 1. The van der Waals surface area contributed by atoms with Crippen molar-refractivity contribution in [3.05, 3.63) is 61.1 Å². The smallest absolute Gasteiger partial charge is 0.329 e. The molecular formula is C22H24N4O3. The molecule has 4 rings (SSSR count). The van der Waals surface area contributed by atoms with Crippen molar-refractivity contribution in [3.8, 4) is 22.8 Å². The van der Waals surface area contributed by atoms with Gasteiger partial charge in [-0.2, -0.15) is 0 Å². The molecule has 1 amide bonds. The van der Waals surface area contributed by atoms with Gasteiger partial charge in [0.15, 0.2) is 0 Å². The highest BCUT2D eigenvalue weighted by Gasteiger charge is 2.26. The van der Waals surface area contributed by atoms with Crippen LogP contribution >= 0.6 is 0 Å². The Balaban J connectivity index is 1.42. The van der Waals surface area contributed by atoms with E-state index in [9.17, 15) is 15.0 Å². The van der Waals surface area contributed by atoms with Crippen LogP contribution in [-0.2, 0) is 0 Å². The van der Waals surface area contributed by atoms with Crippen LogP contribution < -0.4 is 4.90 Å². The van der Waals surface area contributed by atoms with Crippen molar-refractivity contribution in [2.75, 3.05) is 25.0 Å². The number of amides is 1. The number of hydrogen-bond acceptors (Lipinski definition) is 5. The minimum Gasteiger partial charge on any atom is -0.508 e. The number of para-hydroxylation sites is 1. The molecule has 3 aromatic rings. The number of hydrogen-bond donors (Lipinski definition) is 2. The van der Waals surface area contributed by atoms with Crippen LogP contribution in [0.25, 0.3) is 11.3 Å². The lowest BCUT2D eigenvalue weighted by Gasteiger charge is -2.37. The van der Waals surface area contributed by atoms with Gasteiger partial charge in [0.25, 0.3) is 0 Å². The first-order valence-corrected chi connectivity index (χ1v) is 9.66. The highest BCUT2D eigenvalue weighted by Crippen LogP contribution is 2.28. The van der Waals surface area contributed by atoms with Crippen molar-refractivity contribution < 1.29 is 15.0 Å². The minimum absolute atomic E-state index is 0.0526. The molecule has 7 heteroatoms. The van der Waals surface area contributed by atoms with E-state index in [2.05, 4.69) is 22.0 Å². The van der Waals surface area contributed by atoms with Gasteiger partial charge < -0.3 is 20.0 Å². The number of carbonyl (C=O) groups excluding carboxylic acids is 1. The first-order chi connectivity index (χ1) is 14.0. The molecule has 1 aliphatic heterocycles. The molecule has 2 heterocycles. The fourth-order valence-electron chi connectivity index (χ4n) is 3.81. The summed E-state index contributed by atoms with van der Waals surface area (Å²) in [7, 11) is 1.82. The number of imidazole rings is 1. The lowest BCUT2D eigenvalue weighted by molar-refractivity contribution is 0.181. The Morgan fingerprint density at radius 3 is 2.38 bits per heavy atom. The Labute approximate surface area is 169 Å². The molecule has 2 aromatic carbocycles. The zero-order chi connectivity index (χ0) is 20.4. The normalized spacial score (nSPS) is 14.7. The molecule has 0 radical (unpaired) electrons. The van der Waals surface area contributed by atoms with Gasteiger partial charge in [-0.15, -0.1) is 0 Å². The number of phenolic OH excluding ortho intramolecular Hbond substituents is 2. The number of carbonyl (C=O) groups is 1. The third kappa shape index (κ3) is 4.03. The zero-order valence-corrected chi connectivity index (χ0v) is 16.3. The molecule has 29 heavy (non-hydrogen) atoms. The van der Waals surface area contributed by atoms with Crippen molar-refractivity contribution in [2.45, 2.75) is 18.9 Å². The lowest BCUT2D eigenvalue weighted by atomic mass is 10.0. The number of aromatic nitrogens is 2. The largest absolute Gasteiger partial charge is 0.508 e. The molecule has 0 unspecified atom stereocenters. The monoisotopic (exact) mass is 392 g/mol. The molecular weight excluding hydrogens is 368 g/mol. The maximum Gasteiger partial charge on any atom is 0.329 e. The van der Waals surface area contributed by atoms with Crippen molar-refractivity contribution in [1.29, 1.82) is 0 Å². The van der Waals surface area contributed by atoms with Crippen LogP contribution in [0.5, 0.6) is 11.5 Å². The standard InChI is InChI=1S/C22H24N4O3/c1-24(17-7-9-25(10-8-17)18-5-3-2-4-6-18)22(29)26-14-21(23-15-26)16-11-19(27)13-20(28)12-16/h2-6,11-15,17,27-28H,7-10H2,1H3. The Morgan fingerprint density at radius 1 is 1.07 bits per heavy atom. The molecule has 1 aromatic heterocycles. The summed E-state index contributed by atoms with van der Waals surface area (Å²) >= 11 is 0. The number of benzene rings is 2. The summed E-state index contributed by atoms with van der Waals surface area (Å²) in [6.07, 6.45) is 4.89. The van der Waals surface area contributed by atoms with Gasteiger partial charge in [-0.1, -0.05) is 18.2 Å². The average Bonchev–Trinajstić information content (AvgIpc) is 3.23. The average molecular weight is 392 g/mol. The van der Waals surface area contributed by atoms with Crippen molar-refractivity contribution >= 4 is 11.7 Å². The number of anilines is 1. The van der Waals surface area contributed by atoms with Gasteiger partial charge in [0.05, 0.1) is 5.69 Å². The van der Waals surface area contributed by atoms with Crippen LogP contribution in [-0.4, -0.2) is 56.9 Å². The highest BCUT2D eigenvalue weighted by atomic mass is 16.3. The molecule has 0 bridgehead atoms. The summed E-state index contributed by atoms with van der Waals surface area (Å²) in [6.45, 7) is 1.81. The SMILES string of the molecule is CN(C(=O)n1cnc(-c2cc(O)cc(O)c2)c1)C1CCN(c2ccccc2)CC1. The van der Waals surface area contributed by atoms with Crippen molar-refractivity contribution in [3.63, 3.8) is 0 Å². The molecule has 0 saturated carbocycles. The van der Waals surface area contributed by atoms with Crippen LogP contribution in [0.4, 0.5) is 10.5 Å². The summed E-state index contributed by atoms with van der Waals surface area (Å²) in [5.74, 6) is -0.105. The van der Waals surface area contributed by atoms with Crippen LogP contribution in [0.15, 0.2) is 61.1 Å². The van der Waals surface area contributed by atoms with E-state index in [1.807, 2.05) is 25.2 Å². The Bertz CT molecular complexity index is 974. The summed E-state index contributed by atoms with van der Waals surface area (Å²) in [6, 6.07) is 14.6. The highest BCUT2D eigenvalue weighted by molar-refractivity contribution is 5.78. The van der Waals surface area contributed by atoms with Crippen LogP contribution in [0, 0.1) is 0 Å². The Kier molecular flexibility index (Phi) is 5.12. The first-order valence-electron chi connectivity index (χ1n) is 9.66. The first kappa shape index (κ1) is 18.9. The topological polar surface area (TPSA) is 81.8 Å². The van der Waals surface area contributed by atoms with Gasteiger partial charge in [0, 0.05) is 49.7 Å². The van der Waals surface area contributed by atoms with E-state index in [0.717, 1.165) is 25.9 Å². The van der Waals surface area contributed by atoms with E-state index in [0.29, 0.717) is 11.3 Å². The molecule has 0 atom stereocenters. The maximum absolute atomic E-state index is 12.9. The summed E-state index contributed by atoms with van der Waals surface area (Å²) in [4.78, 5) is 21.3. The summed E-state index contributed by atoms with van der Waals surface area (Å²) < 4.78 is 1.44. The minimum atomic E-state index is -0.147. The third-order valence-electron chi connectivity index (χ3n) is 5.44. The van der Waals surface area contributed by atoms with Gasteiger partial charge in [0.2, 0.25) is 0 Å². The second-order valence-electron chi connectivity index (χ2n) is 7.35. The van der Waals surface area contributed by atoms with E-state index in [-0.39, 0.29) is 23.6 Å². The van der Waals surface area contributed by atoms with Crippen LogP contribution in [0.3, 0.4) is 0 Å². The van der Waals surface area contributed by atoms with Crippen LogP contribution in [0.2, 0.25) is 0 Å². The van der Waals surface area contributed by atoms with Crippen molar-refractivity contribution in [1.82, 2.24) is 14.5 Å². The van der Waals surface area contributed by atoms with Gasteiger partial charge in [-0.05, 0) is 37.1 Å². The van der Waals surface area contributed by atoms with Crippen LogP contribution in [0.1, 0.15) is 12.8 Å². The number of aromatic hydroxyl groups is 2. The lowest BCUT2D eigenvalue weighted by Crippen LogP contribution is -2.46. The van der Waals surface area contributed by atoms with E-state index < -0.39 is 0 Å². The zero-order valence-electron chi connectivity index (χ0n) is 16.3. The van der Waals surface area contributed by atoms with E-state index >= 15 is 0 Å².